The third-order valence-electron chi connectivity index (χ3n) is 5.03. The summed E-state index contributed by atoms with van der Waals surface area (Å²) in [5.74, 6) is 1.39. The van der Waals surface area contributed by atoms with Crippen LogP contribution in [0.4, 0.5) is 0 Å². The molecule has 5 heterocycles. The van der Waals surface area contributed by atoms with Crippen molar-refractivity contribution in [1.29, 1.82) is 0 Å². The van der Waals surface area contributed by atoms with E-state index in [1.165, 1.54) is 0 Å². The Morgan fingerprint density at radius 2 is 2.18 bits per heavy atom. The zero-order chi connectivity index (χ0) is 19.1. The van der Waals surface area contributed by atoms with Gasteiger partial charge in [-0.1, -0.05) is 11.2 Å². The van der Waals surface area contributed by atoms with E-state index < -0.39 is 0 Å². The Hall–Kier alpha value is -3.55. The number of likely N-dealkylation sites (tertiary alicyclic amines) is 1. The van der Waals surface area contributed by atoms with Gasteiger partial charge in [-0.15, -0.1) is 0 Å². The van der Waals surface area contributed by atoms with E-state index in [2.05, 4.69) is 20.2 Å². The standard InChI is InChI=1S/C20H18N6O2/c1-13-9-17(24-28-13)20(27)25-8-6-16(11-25)19-22-18-5-4-15(12-26(18)23-19)14-3-2-7-21-10-14/h2-5,7,9-10,12,16H,6,8,11H2,1H3. The van der Waals surface area contributed by atoms with Crippen molar-refractivity contribution in [3.63, 3.8) is 0 Å². The molecule has 0 saturated carbocycles. The first-order valence-corrected chi connectivity index (χ1v) is 9.17. The molecule has 0 aliphatic carbocycles. The maximum atomic E-state index is 12.6. The van der Waals surface area contributed by atoms with Gasteiger partial charge in [0.15, 0.2) is 17.2 Å². The van der Waals surface area contributed by atoms with Gasteiger partial charge in [0.1, 0.15) is 5.76 Å². The van der Waals surface area contributed by atoms with Gasteiger partial charge in [-0.25, -0.2) is 9.50 Å². The first kappa shape index (κ1) is 16.6. The molecule has 1 fully saturated rings. The van der Waals surface area contributed by atoms with Crippen molar-refractivity contribution < 1.29 is 9.32 Å². The van der Waals surface area contributed by atoms with Crippen molar-refractivity contribution in [2.24, 2.45) is 0 Å². The normalized spacial score (nSPS) is 16.8. The summed E-state index contributed by atoms with van der Waals surface area (Å²) in [7, 11) is 0. The van der Waals surface area contributed by atoms with Gasteiger partial charge in [0, 0.05) is 54.8 Å². The Morgan fingerprint density at radius 1 is 1.25 bits per heavy atom. The third-order valence-corrected chi connectivity index (χ3v) is 5.03. The summed E-state index contributed by atoms with van der Waals surface area (Å²) in [6.07, 6.45) is 6.36. The monoisotopic (exact) mass is 374 g/mol. The molecule has 140 valence electrons. The predicted molar refractivity (Wildman–Crippen MR) is 101 cm³/mol. The molecule has 28 heavy (non-hydrogen) atoms. The fourth-order valence-corrected chi connectivity index (χ4v) is 3.56. The van der Waals surface area contributed by atoms with Crippen LogP contribution in [-0.4, -0.2) is 48.6 Å². The molecule has 1 aliphatic rings. The summed E-state index contributed by atoms with van der Waals surface area (Å²) in [6, 6.07) is 9.56. The highest BCUT2D eigenvalue weighted by molar-refractivity contribution is 5.92. The van der Waals surface area contributed by atoms with Crippen molar-refractivity contribution in [2.75, 3.05) is 13.1 Å². The van der Waals surface area contributed by atoms with Gasteiger partial charge >= 0.3 is 0 Å². The number of carbonyl (C=O) groups is 1. The second kappa shape index (κ2) is 6.56. The van der Waals surface area contributed by atoms with Crippen molar-refractivity contribution in [3.8, 4) is 11.1 Å². The number of amides is 1. The summed E-state index contributed by atoms with van der Waals surface area (Å²) in [4.78, 5) is 23.2. The van der Waals surface area contributed by atoms with E-state index in [0.29, 0.717) is 24.5 Å². The maximum Gasteiger partial charge on any atom is 0.276 e. The number of hydrogen-bond donors (Lipinski definition) is 0. The third kappa shape index (κ3) is 2.92. The van der Waals surface area contributed by atoms with Crippen LogP contribution in [0, 0.1) is 6.92 Å². The van der Waals surface area contributed by atoms with Crippen molar-refractivity contribution in [2.45, 2.75) is 19.3 Å². The van der Waals surface area contributed by atoms with Crippen LogP contribution in [0.5, 0.6) is 0 Å². The summed E-state index contributed by atoms with van der Waals surface area (Å²) in [5, 5.41) is 8.49. The molecule has 1 aliphatic heterocycles. The summed E-state index contributed by atoms with van der Waals surface area (Å²) >= 11 is 0. The molecule has 1 atom stereocenters. The van der Waals surface area contributed by atoms with E-state index in [0.717, 1.165) is 29.0 Å². The summed E-state index contributed by atoms with van der Waals surface area (Å²) in [6.45, 7) is 3.01. The van der Waals surface area contributed by atoms with Gasteiger partial charge in [-0.05, 0) is 31.5 Å². The zero-order valence-corrected chi connectivity index (χ0v) is 15.3. The quantitative estimate of drug-likeness (QED) is 0.548. The molecule has 0 bridgehead atoms. The van der Waals surface area contributed by atoms with Crippen LogP contribution in [-0.2, 0) is 0 Å². The molecule has 1 saturated heterocycles. The van der Waals surface area contributed by atoms with Crippen molar-refractivity contribution >= 4 is 11.6 Å². The molecule has 1 amide bonds. The molecule has 0 aromatic carbocycles. The lowest BCUT2D eigenvalue weighted by Crippen LogP contribution is -2.28. The number of carbonyl (C=O) groups excluding carboxylic acids is 1. The van der Waals surface area contributed by atoms with Crippen LogP contribution < -0.4 is 0 Å². The Balaban J connectivity index is 1.37. The lowest BCUT2D eigenvalue weighted by Gasteiger charge is -2.13. The first-order valence-electron chi connectivity index (χ1n) is 9.17. The molecule has 0 N–H and O–H groups in total. The molecular formula is C20H18N6O2. The summed E-state index contributed by atoms with van der Waals surface area (Å²) in [5.41, 5.74) is 3.20. The largest absolute Gasteiger partial charge is 0.361 e. The molecule has 0 radical (unpaired) electrons. The van der Waals surface area contributed by atoms with E-state index >= 15 is 0 Å². The molecule has 0 spiro atoms. The number of nitrogens with zero attached hydrogens (tertiary/aromatic N) is 6. The van der Waals surface area contributed by atoms with Gasteiger partial charge < -0.3 is 9.42 Å². The van der Waals surface area contributed by atoms with Gasteiger partial charge in [0.05, 0.1) is 0 Å². The van der Waals surface area contributed by atoms with Gasteiger partial charge in [0.25, 0.3) is 5.91 Å². The molecule has 8 nitrogen and oxygen atoms in total. The fourth-order valence-electron chi connectivity index (χ4n) is 3.56. The zero-order valence-electron chi connectivity index (χ0n) is 15.3. The Bertz CT molecular complexity index is 1150. The highest BCUT2D eigenvalue weighted by atomic mass is 16.5. The van der Waals surface area contributed by atoms with Crippen LogP contribution in [0.1, 0.15) is 34.4 Å². The number of pyridine rings is 2. The Morgan fingerprint density at radius 3 is 2.96 bits per heavy atom. The lowest BCUT2D eigenvalue weighted by atomic mass is 10.1. The topological polar surface area (TPSA) is 89.4 Å². The van der Waals surface area contributed by atoms with Crippen molar-refractivity contribution in [3.05, 3.63) is 66.2 Å². The van der Waals surface area contributed by atoms with E-state index in [9.17, 15) is 4.79 Å². The van der Waals surface area contributed by atoms with E-state index in [1.54, 1.807) is 28.6 Å². The van der Waals surface area contributed by atoms with E-state index in [4.69, 9.17) is 4.52 Å². The number of fused-ring (bicyclic) bond motifs is 1. The van der Waals surface area contributed by atoms with Gasteiger partial charge in [0.2, 0.25) is 0 Å². The van der Waals surface area contributed by atoms with Gasteiger partial charge in [-0.3, -0.25) is 9.78 Å². The van der Waals surface area contributed by atoms with Crippen LogP contribution in [0.15, 0.2) is 53.4 Å². The number of aryl methyl sites for hydroxylation is 1. The van der Waals surface area contributed by atoms with Crippen LogP contribution in [0.3, 0.4) is 0 Å². The number of hydrogen-bond acceptors (Lipinski definition) is 6. The molecule has 8 heteroatoms. The average molecular weight is 374 g/mol. The molecule has 5 rings (SSSR count). The fraction of sp³-hybridized carbons (Fsp3) is 0.250. The van der Waals surface area contributed by atoms with Crippen LogP contribution in [0.25, 0.3) is 16.8 Å². The highest BCUT2D eigenvalue weighted by Crippen LogP contribution is 2.27. The minimum atomic E-state index is -0.109. The average Bonchev–Trinajstić information content (AvgIpc) is 3.46. The Kier molecular flexibility index (Phi) is 3.89. The minimum Gasteiger partial charge on any atom is -0.361 e. The number of rotatable bonds is 3. The van der Waals surface area contributed by atoms with Crippen LogP contribution in [0.2, 0.25) is 0 Å². The number of aromatic nitrogens is 5. The SMILES string of the molecule is Cc1cc(C(=O)N2CCC(c3nc4ccc(-c5cccnc5)cn4n3)C2)no1. The second-order valence-corrected chi connectivity index (χ2v) is 6.99. The van der Waals surface area contributed by atoms with E-state index in [-0.39, 0.29) is 11.8 Å². The molecule has 1 unspecified atom stereocenters. The van der Waals surface area contributed by atoms with Gasteiger partial charge in [-0.2, -0.15) is 5.10 Å². The first-order chi connectivity index (χ1) is 13.7. The van der Waals surface area contributed by atoms with E-state index in [1.807, 2.05) is 36.7 Å². The van der Waals surface area contributed by atoms with Crippen molar-refractivity contribution in [1.82, 2.24) is 29.6 Å². The van der Waals surface area contributed by atoms with Crippen LogP contribution >= 0.6 is 0 Å². The maximum absolute atomic E-state index is 12.6. The lowest BCUT2D eigenvalue weighted by molar-refractivity contribution is 0.0780. The highest BCUT2D eigenvalue weighted by Gasteiger charge is 2.31. The smallest absolute Gasteiger partial charge is 0.276 e. The minimum absolute atomic E-state index is 0.109. The molecule has 4 aromatic rings. The summed E-state index contributed by atoms with van der Waals surface area (Å²) < 4.78 is 6.81. The Labute approximate surface area is 160 Å². The second-order valence-electron chi connectivity index (χ2n) is 6.99. The molecular weight excluding hydrogens is 356 g/mol. The molecule has 4 aromatic heterocycles. The predicted octanol–water partition coefficient (Wildman–Crippen LogP) is 2.72.